The molecule has 4 aromatic rings. The van der Waals surface area contributed by atoms with Gasteiger partial charge in [0, 0.05) is 18.2 Å². The number of hydrogen-bond donors (Lipinski definition) is 0. The minimum atomic E-state index is -0.379. The van der Waals surface area contributed by atoms with Gasteiger partial charge in [0.05, 0.1) is 37.6 Å². The third-order valence-electron chi connectivity index (χ3n) is 5.21. The molecule has 31 heavy (non-hydrogen) atoms. The van der Waals surface area contributed by atoms with Crippen molar-refractivity contribution in [3.63, 3.8) is 0 Å². The van der Waals surface area contributed by atoms with Crippen molar-refractivity contribution in [1.82, 2.24) is 9.55 Å². The van der Waals surface area contributed by atoms with Crippen LogP contribution < -0.4 is 0 Å². The number of allylic oxidation sites excluding steroid dienone is 1. The summed E-state index contributed by atoms with van der Waals surface area (Å²) >= 11 is 13.4. The van der Waals surface area contributed by atoms with Crippen LogP contribution in [0.5, 0.6) is 0 Å². The van der Waals surface area contributed by atoms with Crippen molar-refractivity contribution in [3.8, 4) is 17.3 Å². The Morgan fingerprint density at radius 3 is 2.19 bits per heavy atom. The van der Waals surface area contributed by atoms with Crippen molar-refractivity contribution < 1.29 is 9.59 Å². The summed E-state index contributed by atoms with van der Waals surface area (Å²) in [6.45, 7) is 0. The minimum Gasteiger partial charge on any atom is -0.328 e. The molecule has 2 heterocycles. The predicted molar refractivity (Wildman–Crippen MR) is 122 cm³/mol. The van der Waals surface area contributed by atoms with E-state index in [-0.39, 0.29) is 38.3 Å². The number of rotatable bonds is 2. The van der Waals surface area contributed by atoms with E-state index < -0.39 is 0 Å². The van der Waals surface area contributed by atoms with E-state index in [2.05, 4.69) is 11.1 Å². The van der Waals surface area contributed by atoms with Crippen molar-refractivity contribution in [2.75, 3.05) is 0 Å². The summed E-state index contributed by atoms with van der Waals surface area (Å²) < 4.78 is 2.87. The van der Waals surface area contributed by atoms with Crippen molar-refractivity contribution in [3.05, 3.63) is 79.8 Å². The fourth-order valence-electron chi connectivity index (χ4n) is 3.63. The Morgan fingerprint density at radius 2 is 1.65 bits per heavy atom. The average Bonchev–Trinajstić information content (AvgIpc) is 3.37. The van der Waals surface area contributed by atoms with Gasteiger partial charge in [-0.1, -0.05) is 35.3 Å². The Kier molecular flexibility index (Phi) is 4.56. The molecule has 1 aliphatic rings. The molecule has 5 nitrogen and oxygen atoms in total. The van der Waals surface area contributed by atoms with Gasteiger partial charge in [0.1, 0.15) is 5.01 Å². The van der Waals surface area contributed by atoms with Crippen LogP contribution in [0.3, 0.4) is 0 Å². The smallest absolute Gasteiger partial charge is 0.197 e. The molecule has 0 aliphatic heterocycles. The van der Waals surface area contributed by atoms with Crippen LogP contribution >= 0.6 is 34.5 Å². The van der Waals surface area contributed by atoms with Crippen LogP contribution in [0.2, 0.25) is 10.0 Å². The van der Waals surface area contributed by atoms with Gasteiger partial charge in [0.25, 0.3) is 0 Å². The number of nitriles is 1. The largest absolute Gasteiger partial charge is 0.328 e. The molecule has 2 aromatic heterocycles. The van der Waals surface area contributed by atoms with Crippen LogP contribution in [0.15, 0.2) is 48.0 Å². The van der Waals surface area contributed by atoms with Gasteiger partial charge in [-0.2, -0.15) is 5.26 Å². The molecule has 0 bridgehead atoms. The number of ketones is 2. The highest BCUT2D eigenvalue weighted by atomic mass is 35.5. The molecule has 0 N–H and O–H groups in total. The zero-order valence-corrected chi connectivity index (χ0v) is 18.3. The number of halogens is 2. The summed E-state index contributed by atoms with van der Waals surface area (Å²) in [5, 5.41) is 10.0. The van der Waals surface area contributed by atoms with Crippen molar-refractivity contribution >= 4 is 62.5 Å². The van der Waals surface area contributed by atoms with Gasteiger partial charge in [-0.3, -0.25) is 9.59 Å². The molecule has 0 saturated carbocycles. The lowest BCUT2D eigenvalue weighted by atomic mass is 10.1. The summed E-state index contributed by atoms with van der Waals surface area (Å²) in [5.74, 6) is -0.757. The first kappa shape index (κ1) is 19.7. The van der Waals surface area contributed by atoms with E-state index in [9.17, 15) is 9.59 Å². The fraction of sp³-hybridized carbons (Fsp3) is 0.0435. The highest BCUT2D eigenvalue weighted by molar-refractivity contribution is 7.19. The second kappa shape index (κ2) is 7.17. The van der Waals surface area contributed by atoms with Gasteiger partial charge in [0.2, 0.25) is 0 Å². The van der Waals surface area contributed by atoms with E-state index in [0.29, 0.717) is 10.6 Å². The van der Waals surface area contributed by atoms with Crippen LogP contribution in [0.1, 0.15) is 31.3 Å². The maximum Gasteiger partial charge on any atom is 0.197 e. The Bertz CT molecular complexity index is 1460. The summed E-state index contributed by atoms with van der Waals surface area (Å²) in [6.07, 6.45) is 1.53. The maximum atomic E-state index is 12.7. The van der Waals surface area contributed by atoms with Crippen LogP contribution in [0.4, 0.5) is 0 Å². The average molecular weight is 464 g/mol. The molecular weight excluding hydrogens is 453 g/mol. The lowest BCUT2D eigenvalue weighted by Gasteiger charge is -2.03. The Morgan fingerprint density at radius 1 is 1.03 bits per heavy atom. The number of benzene rings is 2. The zero-order valence-electron chi connectivity index (χ0n) is 15.9. The van der Waals surface area contributed by atoms with Gasteiger partial charge < -0.3 is 4.57 Å². The minimum absolute atomic E-state index is 0.0553. The van der Waals surface area contributed by atoms with Crippen LogP contribution in [-0.2, 0) is 7.05 Å². The van der Waals surface area contributed by atoms with Crippen molar-refractivity contribution in [2.24, 2.45) is 7.05 Å². The molecule has 2 aromatic carbocycles. The Hall–Kier alpha value is -3.24. The van der Waals surface area contributed by atoms with E-state index in [0.717, 1.165) is 21.6 Å². The summed E-state index contributed by atoms with van der Waals surface area (Å²) in [4.78, 5) is 30.1. The summed E-state index contributed by atoms with van der Waals surface area (Å²) in [7, 11) is 1.90. The van der Waals surface area contributed by atoms with Crippen LogP contribution in [0, 0.1) is 11.3 Å². The number of carbonyl (C=O) groups excluding carboxylic acids is 2. The zero-order chi connectivity index (χ0) is 21.9. The lowest BCUT2D eigenvalue weighted by molar-refractivity contribution is 0.0990. The normalized spacial score (nSPS) is 13.0. The van der Waals surface area contributed by atoms with E-state index in [1.807, 2.05) is 29.8 Å². The van der Waals surface area contributed by atoms with Gasteiger partial charge >= 0.3 is 0 Å². The number of aryl methyl sites for hydroxylation is 1. The molecule has 0 amide bonds. The van der Waals surface area contributed by atoms with E-state index in [1.54, 1.807) is 12.1 Å². The first-order valence-corrected chi connectivity index (χ1v) is 10.7. The third kappa shape index (κ3) is 3.10. The highest BCUT2D eigenvalue weighted by Crippen LogP contribution is 2.36. The quantitative estimate of drug-likeness (QED) is 0.272. The molecule has 0 fully saturated rings. The molecule has 0 unspecified atom stereocenters. The highest BCUT2D eigenvalue weighted by Gasteiger charge is 2.34. The predicted octanol–water partition coefficient (Wildman–Crippen LogP) is 5.94. The standard InChI is InChI=1S/C23H11Cl2N3O2S/c1-28-18(12-4-2-11(10-26)3-5-12)9-19-23(28)27-20(31-19)8-15-21(29)13-6-16(24)17(25)7-14(13)22(15)30/h2-9H,1H3. The number of Topliss-reactive ketones (excluding diaryl/α,β-unsaturated/α-hetero) is 2. The van der Waals surface area contributed by atoms with Crippen molar-refractivity contribution in [2.45, 2.75) is 0 Å². The molecule has 0 radical (unpaired) electrons. The van der Waals surface area contributed by atoms with Crippen LogP contribution in [-0.4, -0.2) is 21.1 Å². The lowest BCUT2D eigenvalue weighted by Crippen LogP contribution is -2.00. The molecule has 8 heteroatoms. The fourth-order valence-corrected chi connectivity index (χ4v) is 4.94. The Balaban J connectivity index is 1.53. The second-order valence-electron chi connectivity index (χ2n) is 7.05. The number of aromatic nitrogens is 2. The van der Waals surface area contributed by atoms with Crippen molar-refractivity contribution in [1.29, 1.82) is 5.26 Å². The topological polar surface area (TPSA) is 75.8 Å². The second-order valence-corrected chi connectivity index (χ2v) is 8.92. The first-order chi connectivity index (χ1) is 14.9. The molecule has 150 valence electrons. The molecule has 0 spiro atoms. The van der Waals surface area contributed by atoms with Gasteiger partial charge in [0.15, 0.2) is 17.2 Å². The third-order valence-corrected chi connectivity index (χ3v) is 6.88. The van der Waals surface area contributed by atoms with E-state index in [1.165, 1.54) is 29.5 Å². The Labute approximate surface area is 190 Å². The molecule has 5 rings (SSSR count). The van der Waals surface area contributed by atoms with Crippen LogP contribution in [0.25, 0.3) is 27.7 Å². The van der Waals surface area contributed by atoms with Gasteiger partial charge in [-0.15, -0.1) is 11.3 Å². The number of fused-ring (bicyclic) bond motifs is 2. The molecule has 1 aliphatic carbocycles. The SMILES string of the molecule is Cn1c(-c2ccc(C#N)cc2)cc2sc(C=C3C(=O)c4cc(Cl)c(Cl)cc4C3=O)nc21. The first-order valence-electron chi connectivity index (χ1n) is 9.14. The molecular formula is C23H11Cl2N3O2S. The summed E-state index contributed by atoms with van der Waals surface area (Å²) in [6, 6.07) is 14.3. The number of hydrogen-bond acceptors (Lipinski definition) is 5. The monoisotopic (exact) mass is 463 g/mol. The van der Waals surface area contributed by atoms with E-state index in [4.69, 9.17) is 28.5 Å². The summed E-state index contributed by atoms with van der Waals surface area (Å²) in [5.41, 5.74) is 3.85. The number of thiazole rings is 1. The molecule has 0 atom stereocenters. The number of nitrogens with zero attached hydrogens (tertiary/aromatic N) is 3. The number of carbonyl (C=O) groups is 2. The van der Waals surface area contributed by atoms with Gasteiger partial charge in [-0.25, -0.2) is 4.98 Å². The van der Waals surface area contributed by atoms with E-state index >= 15 is 0 Å². The maximum absolute atomic E-state index is 12.7. The molecule has 0 saturated heterocycles. The van der Waals surface area contributed by atoms with Gasteiger partial charge in [-0.05, 0) is 42.0 Å².